The summed E-state index contributed by atoms with van der Waals surface area (Å²) >= 11 is 6.03. The molecule has 1 N–H and O–H groups in total. The fourth-order valence-corrected chi connectivity index (χ4v) is 4.52. The van der Waals surface area contributed by atoms with E-state index in [-0.39, 0.29) is 0 Å². The Balaban J connectivity index is 1.41. The van der Waals surface area contributed by atoms with E-state index in [0.717, 1.165) is 24.0 Å². The molecule has 1 aromatic carbocycles. The molecule has 2 heterocycles. The van der Waals surface area contributed by atoms with E-state index < -0.39 is 0 Å². The number of aliphatic imine (C=N–C) groups is 1. The molecule has 27 heavy (non-hydrogen) atoms. The third-order valence-corrected chi connectivity index (χ3v) is 6.63. The zero-order valence-electron chi connectivity index (χ0n) is 17.0. The van der Waals surface area contributed by atoms with Crippen molar-refractivity contribution in [1.82, 2.24) is 10.2 Å². The van der Waals surface area contributed by atoms with Gasteiger partial charge in [0.25, 0.3) is 0 Å². The molecule has 0 radical (unpaired) electrons. The fraction of sp³-hybridized carbons (Fsp3) is 0.696. The van der Waals surface area contributed by atoms with Crippen molar-refractivity contribution < 1.29 is 0 Å². The number of benzene rings is 1. The minimum absolute atomic E-state index is 0.592. The highest BCUT2D eigenvalue weighted by atomic mass is 35.5. The Labute approximate surface area is 170 Å². The molecule has 3 rings (SSSR count). The van der Waals surface area contributed by atoms with Gasteiger partial charge < -0.3 is 10.2 Å². The second-order valence-electron chi connectivity index (χ2n) is 8.70. The first-order valence-electron chi connectivity index (χ1n) is 10.8. The van der Waals surface area contributed by atoms with Gasteiger partial charge in [-0.1, -0.05) is 37.6 Å². The molecule has 1 aromatic rings. The van der Waals surface area contributed by atoms with Crippen molar-refractivity contribution in [1.29, 1.82) is 0 Å². The van der Waals surface area contributed by atoms with Crippen LogP contribution >= 0.6 is 11.6 Å². The summed E-state index contributed by atoms with van der Waals surface area (Å²) in [6.45, 7) is 10.5. The molecule has 3 nitrogen and oxygen atoms in total. The fourth-order valence-electron chi connectivity index (χ4n) is 4.40. The smallest absolute Gasteiger partial charge is 0.0406 e. The van der Waals surface area contributed by atoms with Crippen molar-refractivity contribution in [2.45, 2.75) is 57.9 Å². The van der Waals surface area contributed by atoms with Crippen molar-refractivity contribution in [2.24, 2.45) is 16.8 Å². The van der Waals surface area contributed by atoms with Crippen molar-refractivity contribution in [3.05, 3.63) is 34.9 Å². The Bertz CT molecular complexity index is 576. The van der Waals surface area contributed by atoms with Crippen LogP contribution in [-0.4, -0.2) is 49.9 Å². The van der Waals surface area contributed by atoms with Gasteiger partial charge in [-0.15, -0.1) is 0 Å². The maximum absolute atomic E-state index is 6.03. The van der Waals surface area contributed by atoms with Crippen LogP contribution in [0.25, 0.3) is 0 Å². The van der Waals surface area contributed by atoms with Crippen LogP contribution in [-0.2, 0) is 0 Å². The first-order chi connectivity index (χ1) is 13.1. The average Bonchev–Trinajstić information content (AvgIpc) is 2.69. The Morgan fingerprint density at radius 1 is 1.15 bits per heavy atom. The molecule has 150 valence electrons. The molecule has 1 fully saturated rings. The van der Waals surface area contributed by atoms with E-state index in [2.05, 4.69) is 47.4 Å². The third-order valence-electron chi connectivity index (χ3n) is 6.38. The molecule has 0 aromatic heterocycles. The summed E-state index contributed by atoms with van der Waals surface area (Å²) < 4.78 is 0. The summed E-state index contributed by atoms with van der Waals surface area (Å²) in [6.07, 6.45) is 8.36. The summed E-state index contributed by atoms with van der Waals surface area (Å²) in [7, 11) is 0. The average molecular weight is 390 g/mol. The number of piperidine rings is 1. The van der Waals surface area contributed by atoms with Crippen LogP contribution in [0.1, 0.15) is 57.4 Å². The topological polar surface area (TPSA) is 27.6 Å². The highest BCUT2D eigenvalue weighted by molar-refractivity contribution is 6.30. The van der Waals surface area contributed by atoms with Crippen LogP contribution in [0.2, 0.25) is 5.02 Å². The minimum Gasteiger partial charge on any atom is -0.312 e. The van der Waals surface area contributed by atoms with Crippen LogP contribution in [0, 0.1) is 11.8 Å². The van der Waals surface area contributed by atoms with Gasteiger partial charge in [-0.25, -0.2) is 0 Å². The molecule has 0 spiro atoms. The molecule has 2 aliphatic heterocycles. The first kappa shape index (κ1) is 20.8. The lowest BCUT2D eigenvalue weighted by Gasteiger charge is -2.36. The molecule has 1 saturated heterocycles. The second-order valence-corrected chi connectivity index (χ2v) is 9.14. The van der Waals surface area contributed by atoms with Gasteiger partial charge in [0.15, 0.2) is 0 Å². The van der Waals surface area contributed by atoms with Gasteiger partial charge >= 0.3 is 0 Å². The van der Waals surface area contributed by atoms with Gasteiger partial charge in [0.1, 0.15) is 0 Å². The van der Waals surface area contributed by atoms with Gasteiger partial charge in [0.05, 0.1) is 0 Å². The molecule has 2 atom stereocenters. The molecule has 0 bridgehead atoms. The number of halogens is 1. The van der Waals surface area contributed by atoms with Crippen molar-refractivity contribution in [3.63, 3.8) is 0 Å². The number of hydrogen-bond acceptors (Lipinski definition) is 3. The van der Waals surface area contributed by atoms with Gasteiger partial charge in [-0.2, -0.15) is 0 Å². The summed E-state index contributed by atoms with van der Waals surface area (Å²) in [4.78, 5) is 7.01. The summed E-state index contributed by atoms with van der Waals surface area (Å²) in [5.74, 6) is 2.20. The summed E-state index contributed by atoms with van der Waals surface area (Å²) in [5, 5.41) is 4.70. The highest BCUT2D eigenvalue weighted by Gasteiger charge is 2.24. The molecule has 0 amide bonds. The maximum atomic E-state index is 6.03. The lowest BCUT2D eigenvalue weighted by Crippen LogP contribution is -2.47. The van der Waals surface area contributed by atoms with Crippen LogP contribution in [0.15, 0.2) is 29.3 Å². The van der Waals surface area contributed by atoms with E-state index in [1.54, 1.807) is 0 Å². The zero-order valence-corrected chi connectivity index (χ0v) is 17.8. The minimum atomic E-state index is 0.592. The van der Waals surface area contributed by atoms with Crippen LogP contribution in [0.4, 0.5) is 0 Å². The molecular formula is C23H36ClN3. The first-order valence-corrected chi connectivity index (χ1v) is 11.2. The standard InChI is InChI=1S/C23H36ClN3/c1-18(2)23(26-14-9-19-7-12-25-13-8-19)17-27-15-10-21(11-16-27)20-3-5-22(24)6-4-20/h3-6,12,18-19,21,23,26H,7-11,13-17H2,1-2H3/t19?,23-/m0/s1. The molecule has 1 unspecified atom stereocenters. The number of hydrogen-bond donors (Lipinski definition) is 1. The Morgan fingerprint density at radius 3 is 2.52 bits per heavy atom. The molecule has 2 aliphatic rings. The number of nitrogens with one attached hydrogen (secondary N) is 1. The molecule has 4 heteroatoms. The largest absolute Gasteiger partial charge is 0.312 e. The maximum Gasteiger partial charge on any atom is 0.0406 e. The van der Waals surface area contributed by atoms with E-state index in [1.807, 2.05) is 12.1 Å². The number of likely N-dealkylation sites (tertiary alicyclic amines) is 1. The lowest BCUT2D eigenvalue weighted by molar-refractivity contribution is 0.175. The van der Waals surface area contributed by atoms with E-state index >= 15 is 0 Å². The molecule has 0 aliphatic carbocycles. The predicted octanol–water partition coefficient (Wildman–Crippen LogP) is 5.00. The van der Waals surface area contributed by atoms with Crippen molar-refractivity contribution in [3.8, 4) is 0 Å². The highest BCUT2D eigenvalue weighted by Crippen LogP contribution is 2.29. The Kier molecular flexibility index (Phi) is 8.17. The van der Waals surface area contributed by atoms with Gasteiger partial charge in [-0.05, 0) is 93.4 Å². The Hall–Kier alpha value is -0.900. The quantitative estimate of drug-likeness (QED) is 0.677. The van der Waals surface area contributed by atoms with Crippen LogP contribution in [0.3, 0.4) is 0 Å². The Morgan fingerprint density at radius 2 is 1.89 bits per heavy atom. The van der Waals surface area contributed by atoms with E-state index in [1.165, 1.54) is 57.3 Å². The van der Waals surface area contributed by atoms with Crippen molar-refractivity contribution >= 4 is 17.8 Å². The normalized spacial score (nSPS) is 23.0. The monoisotopic (exact) mass is 389 g/mol. The number of rotatable bonds is 8. The predicted molar refractivity (Wildman–Crippen MR) is 117 cm³/mol. The van der Waals surface area contributed by atoms with Gasteiger partial charge in [0.2, 0.25) is 0 Å². The van der Waals surface area contributed by atoms with Crippen LogP contribution < -0.4 is 5.32 Å². The summed E-state index contributed by atoms with van der Waals surface area (Å²) in [5.41, 5.74) is 1.45. The van der Waals surface area contributed by atoms with E-state index in [9.17, 15) is 0 Å². The second kappa shape index (κ2) is 10.6. The summed E-state index contributed by atoms with van der Waals surface area (Å²) in [6, 6.07) is 9.06. The third kappa shape index (κ3) is 6.58. The van der Waals surface area contributed by atoms with Crippen molar-refractivity contribution in [2.75, 3.05) is 32.7 Å². The lowest BCUT2D eigenvalue weighted by atomic mass is 9.89. The van der Waals surface area contributed by atoms with E-state index in [4.69, 9.17) is 11.6 Å². The van der Waals surface area contributed by atoms with Gasteiger partial charge in [0, 0.05) is 24.2 Å². The zero-order chi connectivity index (χ0) is 19.1. The SMILES string of the molecule is CC(C)[C@H](CN1CCC(c2ccc(Cl)cc2)CC1)NCCC1CC=NCC1. The molecular weight excluding hydrogens is 354 g/mol. The van der Waals surface area contributed by atoms with Gasteiger partial charge in [-0.3, -0.25) is 4.99 Å². The van der Waals surface area contributed by atoms with Crippen LogP contribution in [0.5, 0.6) is 0 Å². The molecule has 0 saturated carbocycles. The number of nitrogens with zero attached hydrogens (tertiary/aromatic N) is 2. The van der Waals surface area contributed by atoms with E-state index in [0.29, 0.717) is 17.9 Å².